The van der Waals surface area contributed by atoms with E-state index in [4.69, 9.17) is 13.6 Å². The zero-order valence-corrected chi connectivity index (χ0v) is 11.5. The highest BCUT2D eigenvalue weighted by Crippen LogP contribution is 2.43. The van der Waals surface area contributed by atoms with Crippen LogP contribution < -0.4 is 4.52 Å². The summed E-state index contributed by atoms with van der Waals surface area (Å²) in [6, 6.07) is 8.14. The lowest BCUT2D eigenvalue weighted by Crippen LogP contribution is -2.11. The van der Waals surface area contributed by atoms with Crippen molar-refractivity contribution >= 4 is 8.60 Å². The van der Waals surface area contributed by atoms with Gasteiger partial charge in [0.05, 0.1) is 13.2 Å². The van der Waals surface area contributed by atoms with E-state index in [1.807, 2.05) is 12.1 Å². The van der Waals surface area contributed by atoms with E-state index in [1.165, 1.54) is 5.56 Å². The standard InChI is InChI=1S/C13H19O3P/c1-13(2,3)11-5-7-12(8-6-11)16-17-14-9-4-10-15-17/h5-8H,4,9-10H2,1-3H3. The molecule has 2 rings (SSSR count). The lowest BCUT2D eigenvalue weighted by Gasteiger charge is -2.22. The van der Waals surface area contributed by atoms with Crippen LogP contribution in [-0.4, -0.2) is 13.2 Å². The molecule has 1 aromatic rings. The second-order valence-electron chi connectivity index (χ2n) is 5.11. The molecule has 1 aliphatic rings. The van der Waals surface area contributed by atoms with E-state index in [-0.39, 0.29) is 5.41 Å². The van der Waals surface area contributed by atoms with Gasteiger partial charge in [-0.2, -0.15) is 0 Å². The highest BCUT2D eigenvalue weighted by Gasteiger charge is 2.19. The van der Waals surface area contributed by atoms with E-state index in [1.54, 1.807) is 0 Å². The summed E-state index contributed by atoms with van der Waals surface area (Å²) in [5, 5.41) is 0. The molecule has 0 radical (unpaired) electrons. The molecule has 0 bridgehead atoms. The zero-order chi connectivity index (χ0) is 12.3. The first-order chi connectivity index (χ1) is 8.05. The average molecular weight is 254 g/mol. The van der Waals surface area contributed by atoms with Gasteiger partial charge in [0.2, 0.25) is 0 Å². The Kier molecular flexibility index (Phi) is 4.03. The van der Waals surface area contributed by atoms with E-state index in [2.05, 4.69) is 32.9 Å². The van der Waals surface area contributed by atoms with Crippen molar-refractivity contribution in [3.8, 4) is 5.75 Å². The van der Waals surface area contributed by atoms with Crippen LogP contribution in [0.2, 0.25) is 0 Å². The molecular formula is C13H19O3P. The average Bonchev–Trinajstić information content (AvgIpc) is 2.30. The molecule has 1 saturated heterocycles. The minimum Gasteiger partial charge on any atom is -0.427 e. The SMILES string of the molecule is CC(C)(C)c1ccc(OP2OCCCO2)cc1. The fourth-order valence-electron chi connectivity index (χ4n) is 1.53. The van der Waals surface area contributed by atoms with Crippen LogP contribution in [0.15, 0.2) is 24.3 Å². The summed E-state index contributed by atoms with van der Waals surface area (Å²) in [6.45, 7) is 8.04. The molecule has 4 heteroatoms. The van der Waals surface area contributed by atoms with Crippen LogP contribution in [0, 0.1) is 0 Å². The monoisotopic (exact) mass is 254 g/mol. The number of hydrogen-bond donors (Lipinski definition) is 0. The van der Waals surface area contributed by atoms with E-state index >= 15 is 0 Å². The summed E-state index contributed by atoms with van der Waals surface area (Å²) in [5.41, 5.74) is 1.46. The third-order valence-electron chi connectivity index (χ3n) is 2.58. The summed E-state index contributed by atoms with van der Waals surface area (Å²) >= 11 is 0. The molecule has 0 spiro atoms. The van der Waals surface area contributed by atoms with Gasteiger partial charge in [0, 0.05) is 0 Å². The molecule has 0 aliphatic carbocycles. The summed E-state index contributed by atoms with van der Waals surface area (Å²) < 4.78 is 16.4. The quantitative estimate of drug-likeness (QED) is 0.746. The van der Waals surface area contributed by atoms with Crippen LogP contribution in [-0.2, 0) is 14.5 Å². The van der Waals surface area contributed by atoms with Crippen molar-refractivity contribution in [3.63, 3.8) is 0 Å². The van der Waals surface area contributed by atoms with Gasteiger partial charge in [-0.1, -0.05) is 32.9 Å². The topological polar surface area (TPSA) is 27.7 Å². The summed E-state index contributed by atoms with van der Waals surface area (Å²) in [5.74, 6) is 0.811. The van der Waals surface area contributed by atoms with Gasteiger partial charge in [-0.05, 0) is 29.5 Å². The molecule has 3 nitrogen and oxygen atoms in total. The third kappa shape index (κ3) is 3.67. The van der Waals surface area contributed by atoms with Gasteiger partial charge in [-0.25, -0.2) is 0 Å². The van der Waals surface area contributed by atoms with Crippen molar-refractivity contribution in [1.29, 1.82) is 0 Å². The Morgan fingerprint density at radius 3 is 2.18 bits per heavy atom. The van der Waals surface area contributed by atoms with Gasteiger partial charge in [0.15, 0.2) is 0 Å². The first kappa shape index (κ1) is 12.8. The molecule has 1 aliphatic heterocycles. The first-order valence-corrected chi connectivity index (χ1v) is 7.00. The van der Waals surface area contributed by atoms with Gasteiger partial charge in [0.25, 0.3) is 0 Å². The Morgan fingerprint density at radius 2 is 1.65 bits per heavy atom. The van der Waals surface area contributed by atoms with Crippen molar-refractivity contribution in [2.75, 3.05) is 13.2 Å². The molecule has 0 saturated carbocycles. The number of rotatable bonds is 2. The van der Waals surface area contributed by atoms with Crippen molar-refractivity contribution < 1.29 is 13.6 Å². The molecule has 1 heterocycles. The Hall–Kier alpha value is -0.630. The molecule has 0 aromatic heterocycles. The minimum absolute atomic E-state index is 0.168. The maximum Gasteiger partial charge on any atom is 0.397 e. The lowest BCUT2D eigenvalue weighted by atomic mass is 9.87. The Balaban J connectivity index is 1.98. The fraction of sp³-hybridized carbons (Fsp3) is 0.538. The van der Waals surface area contributed by atoms with Crippen LogP contribution in [0.25, 0.3) is 0 Å². The third-order valence-corrected chi connectivity index (χ3v) is 3.73. The molecule has 0 amide bonds. The van der Waals surface area contributed by atoms with Gasteiger partial charge in [-0.3, -0.25) is 0 Å². The van der Waals surface area contributed by atoms with Gasteiger partial charge < -0.3 is 13.6 Å². The summed E-state index contributed by atoms with van der Waals surface area (Å²) in [6.07, 6.45) is 0.950. The van der Waals surface area contributed by atoms with Gasteiger partial charge in [-0.15, -0.1) is 0 Å². The van der Waals surface area contributed by atoms with Gasteiger partial charge in [0.1, 0.15) is 5.75 Å². The fourth-order valence-corrected chi connectivity index (χ4v) is 2.56. The number of hydrogen-bond acceptors (Lipinski definition) is 3. The van der Waals surface area contributed by atoms with Crippen LogP contribution in [0.5, 0.6) is 5.75 Å². The molecular weight excluding hydrogens is 235 g/mol. The Bertz CT molecular complexity index is 350. The van der Waals surface area contributed by atoms with Crippen LogP contribution in [0.3, 0.4) is 0 Å². The molecule has 0 unspecified atom stereocenters. The van der Waals surface area contributed by atoms with Crippen LogP contribution >= 0.6 is 8.60 Å². The van der Waals surface area contributed by atoms with Crippen LogP contribution in [0.1, 0.15) is 32.8 Å². The predicted octanol–water partition coefficient (Wildman–Crippen LogP) is 4.03. The van der Waals surface area contributed by atoms with E-state index in [0.717, 1.165) is 25.4 Å². The molecule has 0 N–H and O–H groups in total. The normalized spacial score (nSPS) is 18.1. The van der Waals surface area contributed by atoms with E-state index < -0.39 is 8.60 Å². The smallest absolute Gasteiger partial charge is 0.397 e. The van der Waals surface area contributed by atoms with Gasteiger partial charge >= 0.3 is 8.60 Å². The lowest BCUT2D eigenvalue weighted by molar-refractivity contribution is 0.147. The Morgan fingerprint density at radius 1 is 1.06 bits per heavy atom. The second kappa shape index (κ2) is 5.34. The molecule has 1 fully saturated rings. The van der Waals surface area contributed by atoms with E-state index in [0.29, 0.717) is 0 Å². The van der Waals surface area contributed by atoms with Crippen LogP contribution in [0.4, 0.5) is 0 Å². The van der Waals surface area contributed by atoms with Crippen molar-refractivity contribution in [2.24, 2.45) is 0 Å². The van der Waals surface area contributed by atoms with E-state index in [9.17, 15) is 0 Å². The second-order valence-corrected chi connectivity index (χ2v) is 6.26. The maximum absolute atomic E-state index is 5.64. The molecule has 1 aromatic carbocycles. The molecule has 94 valence electrons. The summed E-state index contributed by atoms with van der Waals surface area (Å²) in [4.78, 5) is 0. The van der Waals surface area contributed by atoms with Crippen molar-refractivity contribution in [3.05, 3.63) is 29.8 Å². The highest BCUT2D eigenvalue weighted by atomic mass is 31.2. The predicted molar refractivity (Wildman–Crippen MR) is 69.2 cm³/mol. The van der Waals surface area contributed by atoms with Crippen molar-refractivity contribution in [1.82, 2.24) is 0 Å². The number of benzene rings is 1. The Labute approximate surface area is 104 Å². The minimum atomic E-state index is -1.19. The highest BCUT2D eigenvalue weighted by molar-refractivity contribution is 7.42. The molecule has 17 heavy (non-hydrogen) atoms. The maximum atomic E-state index is 5.64. The molecule has 0 atom stereocenters. The first-order valence-electron chi connectivity index (χ1n) is 5.90. The summed E-state index contributed by atoms with van der Waals surface area (Å²) in [7, 11) is -1.19. The largest absolute Gasteiger partial charge is 0.427 e. The van der Waals surface area contributed by atoms with Crippen molar-refractivity contribution in [2.45, 2.75) is 32.6 Å². The zero-order valence-electron chi connectivity index (χ0n) is 10.6.